The van der Waals surface area contributed by atoms with Gasteiger partial charge in [-0.15, -0.1) is 34.2 Å². The number of nitrogens with one attached hydrogen (secondary N) is 2. The SMILES string of the molecule is CCNC(=NCc1nnc2ccccn12)NCCC1CC2CCC1C2.I. The molecule has 3 atom stereocenters. The zero-order valence-electron chi connectivity index (χ0n) is 15.4. The molecule has 3 unspecified atom stereocenters. The molecule has 142 valence electrons. The van der Waals surface area contributed by atoms with Gasteiger partial charge in [0.05, 0.1) is 0 Å². The average Bonchev–Trinajstić information content (AvgIpc) is 3.35. The smallest absolute Gasteiger partial charge is 0.191 e. The molecule has 2 aromatic rings. The van der Waals surface area contributed by atoms with Gasteiger partial charge in [-0.1, -0.05) is 12.5 Å². The summed E-state index contributed by atoms with van der Waals surface area (Å²) in [7, 11) is 0. The van der Waals surface area contributed by atoms with Crippen LogP contribution >= 0.6 is 24.0 Å². The maximum absolute atomic E-state index is 4.69. The highest BCUT2D eigenvalue weighted by atomic mass is 127. The fraction of sp³-hybridized carbons (Fsp3) is 0.632. The van der Waals surface area contributed by atoms with Crippen LogP contribution in [0.25, 0.3) is 5.65 Å². The van der Waals surface area contributed by atoms with Gasteiger partial charge in [-0.25, -0.2) is 4.99 Å². The van der Waals surface area contributed by atoms with Crippen molar-refractivity contribution in [2.75, 3.05) is 13.1 Å². The molecule has 2 aromatic heterocycles. The van der Waals surface area contributed by atoms with Crippen LogP contribution in [0.3, 0.4) is 0 Å². The second-order valence-corrected chi connectivity index (χ2v) is 7.39. The predicted octanol–water partition coefficient (Wildman–Crippen LogP) is 3.23. The van der Waals surface area contributed by atoms with Crippen LogP contribution in [-0.4, -0.2) is 33.6 Å². The van der Waals surface area contributed by atoms with Gasteiger partial charge < -0.3 is 10.6 Å². The zero-order chi connectivity index (χ0) is 17.1. The number of rotatable bonds is 6. The van der Waals surface area contributed by atoms with Crippen molar-refractivity contribution in [3.05, 3.63) is 30.2 Å². The van der Waals surface area contributed by atoms with Crippen LogP contribution in [0.4, 0.5) is 0 Å². The molecule has 2 bridgehead atoms. The summed E-state index contributed by atoms with van der Waals surface area (Å²) in [6.07, 6.45) is 9.12. The van der Waals surface area contributed by atoms with Crippen LogP contribution < -0.4 is 10.6 Å². The summed E-state index contributed by atoms with van der Waals surface area (Å²) in [5, 5.41) is 15.3. The second kappa shape index (κ2) is 9.01. The largest absolute Gasteiger partial charge is 0.357 e. The number of pyridine rings is 1. The lowest BCUT2D eigenvalue weighted by atomic mass is 9.86. The van der Waals surface area contributed by atoms with E-state index in [-0.39, 0.29) is 24.0 Å². The van der Waals surface area contributed by atoms with Crippen molar-refractivity contribution in [3.63, 3.8) is 0 Å². The number of aromatic nitrogens is 3. The number of hydrogen-bond acceptors (Lipinski definition) is 3. The van der Waals surface area contributed by atoms with Crippen molar-refractivity contribution >= 4 is 35.6 Å². The first-order valence-electron chi connectivity index (χ1n) is 9.64. The van der Waals surface area contributed by atoms with E-state index in [0.717, 1.165) is 48.3 Å². The van der Waals surface area contributed by atoms with E-state index in [9.17, 15) is 0 Å². The summed E-state index contributed by atoms with van der Waals surface area (Å²) in [5.41, 5.74) is 0.863. The number of halogens is 1. The number of guanidine groups is 1. The lowest BCUT2D eigenvalue weighted by Crippen LogP contribution is -2.38. The summed E-state index contributed by atoms with van der Waals surface area (Å²) < 4.78 is 1.99. The maximum Gasteiger partial charge on any atom is 0.191 e. The van der Waals surface area contributed by atoms with E-state index >= 15 is 0 Å². The van der Waals surface area contributed by atoms with Crippen molar-refractivity contribution in [3.8, 4) is 0 Å². The van der Waals surface area contributed by atoms with Crippen molar-refractivity contribution in [1.82, 2.24) is 25.2 Å². The Morgan fingerprint density at radius 3 is 2.92 bits per heavy atom. The molecule has 2 aliphatic rings. The van der Waals surface area contributed by atoms with Crippen LogP contribution in [0, 0.1) is 17.8 Å². The highest BCUT2D eigenvalue weighted by Gasteiger charge is 2.38. The van der Waals surface area contributed by atoms with E-state index in [0.29, 0.717) is 6.54 Å². The first-order chi connectivity index (χ1) is 12.3. The molecule has 2 aliphatic carbocycles. The third-order valence-corrected chi connectivity index (χ3v) is 5.80. The maximum atomic E-state index is 4.69. The van der Waals surface area contributed by atoms with Crippen molar-refractivity contribution in [2.45, 2.75) is 45.6 Å². The Hall–Kier alpha value is -1.38. The van der Waals surface area contributed by atoms with Crippen LogP contribution in [0.15, 0.2) is 29.4 Å². The van der Waals surface area contributed by atoms with Gasteiger partial charge in [-0.3, -0.25) is 4.40 Å². The van der Waals surface area contributed by atoms with E-state index in [1.54, 1.807) is 0 Å². The molecule has 4 rings (SSSR count). The Balaban J connectivity index is 0.00000196. The Labute approximate surface area is 172 Å². The predicted molar refractivity (Wildman–Crippen MR) is 115 cm³/mol. The van der Waals surface area contributed by atoms with Crippen LogP contribution in [0.1, 0.15) is 44.9 Å². The topological polar surface area (TPSA) is 66.6 Å². The third-order valence-electron chi connectivity index (χ3n) is 5.80. The molecule has 0 aromatic carbocycles. The van der Waals surface area contributed by atoms with Gasteiger partial charge in [-0.05, 0) is 62.5 Å². The Bertz CT molecular complexity index is 742. The van der Waals surface area contributed by atoms with E-state index in [1.165, 1.54) is 32.1 Å². The highest BCUT2D eigenvalue weighted by Crippen LogP contribution is 2.49. The van der Waals surface area contributed by atoms with Crippen molar-refractivity contribution in [2.24, 2.45) is 22.7 Å². The molecule has 0 saturated heterocycles. The Morgan fingerprint density at radius 2 is 2.15 bits per heavy atom. The highest BCUT2D eigenvalue weighted by molar-refractivity contribution is 14.0. The third kappa shape index (κ3) is 4.29. The van der Waals surface area contributed by atoms with Gasteiger partial charge in [-0.2, -0.15) is 0 Å². The summed E-state index contributed by atoms with van der Waals surface area (Å²) in [6.45, 7) is 4.48. The summed E-state index contributed by atoms with van der Waals surface area (Å²) in [5.74, 6) is 4.68. The monoisotopic (exact) mass is 468 g/mol. The Kier molecular flexibility index (Phi) is 6.72. The molecule has 2 fully saturated rings. The zero-order valence-corrected chi connectivity index (χ0v) is 17.7. The normalized spacial score (nSPS) is 24.7. The Morgan fingerprint density at radius 1 is 1.23 bits per heavy atom. The molecule has 0 radical (unpaired) electrons. The molecule has 0 amide bonds. The minimum atomic E-state index is 0. The molecule has 26 heavy (non-hydrogen) atoms. The number of aliphatic imine (C=N–C) groups is 1. The average molecular weight is 468 g/mol. The van der Waals surface area contributed by atoms with Crippen molar-refractivity contribution in [1.29, 1.82) is 0 Å². The summed E-state index contributed by atoms with van der Waals surface area (Å²) in [6, 6.07) is 5.92. The van der Waals surface area contributed by atoms with E-state index in [1.807, 2.05) is 28.8 Å². The van der Waals surface area contributed by atoms with Gasteiger partial charge in [0.2, 0.25) is 0 Å². The first kappa shape index (κ1) is 19.4. The van der Waals surface area contributed by atoms with E-state index in [4.69, 9.17) is 0 Å². The molecule has 0 aliphatic heterocycles. The van der Waals surface area contributed by atoms with Crippen molar-refractivity contribution < 1.29 is 0 Å². The van der Waals surface area contributed by atoms with E-state index < -0.39 is 0 Å². The summed E-state index contributed by atoms with van der Waals surface area (Å²) in [4.78, 5) is 4.69. The van der Waals surface area contributed by atoms with Crippen LogP contribution in [0.2, 0.25) is 0 Å². The molecular formula is C19H29IN6. The van der Waals surface area contributed by atoms with Gasteiger partial charge >= 0.3 is 0 Å². The first-order valence-corrected chi connectivity index (χ1v) is 9.64. The van der Waals surface area contributed by atoms with Crippen LogP contribution in [0.5, 0.6) is 0 Å². The van der Waals surface area contributed by atoms with Gasteiger partial charge in [0.15, 0.2) is 17.4 Å². The van der Waals surface area contributed by atoms with Gasteiger partial charge in [0.1, 0.15) is 6.54 Å². The fourth-order valence-corrected chi connectivity index (χ4v) is 4.60. The number of hydrogen-bond donors (Lipinski definition) is 2. The van der Waals surface area contributed by atoms with Crippen LogP contribution in [-0.2, 0) is 6.54 Å². The minimum absolute atomic E-state index is 0. The molecule has 6 nitrogen and oxygen atoms in total. The fourth-order valence-electron chi connectivity index (χ4n) is 4.60. The molecule has 2 heterocycles. The van der Waals surface area contributed by atoms with E-state index in [2.05, 4.69) is 32.7 Å². The number of nitrogens with zero attached hydrogens (tertiary/aromatic N) is 4. The minimum Gasteiger partial charge on any atom is -0.357 e. The van der Waals surface area contributed by atoms with Gasteiger partial charge in [0.25, 0.3) is 0 Å². The number of fused-ring (bicyclic) bond motifs is 3. The molecule has 7 heteroatoms. The molecule has 2 N–H and O–H groups in total. The summed E-state index contributed by atoms with van der Waals surface area (Å²) >= 11 is 0. The molecular weight excluding hydrogens is 439 g/mol. The molecule has 0 spiro atoms. The standard InChI is InChI=1S/C19H28N6.HI/c1-2-20-19(21-9-8-16-12-14-6-7-15(16)11-14)22-13-18-24-23-17-5-3-4-10-25(17)18;/h3-5,10,14-16H,2,6-9,11-13H2,1H3,(H2,20,21,22);1H. The second-order valence-electron chi connectivity index (χ2n) is 7.39. The lowest BCUT2D eigenvalue weighted by molar-refractivity contribution is 0.315. The lowest BCUT2D eigenvalue weighted by Gasteiger charge is -2.22. The van der Waals surface area contributed by atoms with Gasteiger partial charge in [0, 0.05) is 19.3 Å². The quantitative estimate of drug-likeness (QED) is 0.388. The molecule has 2 saturated carbocycles.